The Morgan fingerprint density at radius 3 is 2.35 bits per heavy atom. The SMILES string of the molecule is Cc1cccc(-c2cc(C(C)(C)C)cc3cccnc23)c1.[CH2]=[V]. The van der Waals surface area contributed by atoms with Crippen LogP contribution in [0.5, 0.6) is 0 Å². The number of aryl methyl sites for hydroxylation is 1. The van der Waals surface area contributed by atoms with Gasteiger partial charge in [-0.15, -0.1) is 0 Å². The Labute approximate surface area is 148 Å². The van der Waals surface area contributed by atoms with Crippen molar-refractivity contribution in [3.05, 3.63) is 65.9 Å². The normalized spacial score (nSPS) is 10.9. The fraction of sp³-hybridized carbons (Fsp3) is 0.238. The molecule has 0 aliphatic heterocycles. The topological polar surface area (TPSA) is 12.9 Å². The van der Waals surface area contributed by atoms with Gasteiger partial charge in [-0.3, -0.25) is 4.98 Å². The van der Waals surface area contributed by atoms with Crippen molar-refractivity contribution in [2.75, 3.05) is 0 Å². The average Bonchev–Trinajstić information content (AvgIpc) is 2.55. The van der Waals surface area contributed by atoms with Gasteiger partial charge < -0.3 is 0 Å². The van der Waals surface area contributed by atoms with Crippen molar-refractivity contribution in [3.63, 3.8) is 0 Å². The molecule has 0 aliphatic rings. The van der Waals surface area contributed by atoms with E-state index in [1.807, 2.05) is 12.3 Å². The summed E-state index contributed by atoms with van der Waals surface area (Å²) in [5.74, 6) is 0. The molecule has 0 spiro atoms. The summed E-state index contributed by atoms with van der Waals surface area (Å²) in [5, 5.41) is 4.40. The molecule has 23 heavy (non-hydrogen) atoms. The Hall–Kier alpha value is -1.70. The third kappa shape index (κ3) is 3.99. The summed E-state index contributed by atoms with van der Waals surface area (Å²) in [6.07, 6.45) is 1.87. The van der Waals surface area contributed by atoms with Gasteiger partial charge in [-0.1, -0.05) is 56.7 Å². The zero-order chi connectivity index (χ0) is 17.0. The maximum atomic E-state index is 4.61. The van der Waals surface area contributed by atoms with Crippen molar-refractivity contribution in [3.8, 4) is 11.1 Å². The van der Waals surface area contributed by atoms with Gasteiger partial charge in [0.25, 0.3) is 0 Å². The van der Waals surface area contributed by atoms with Crippen LogP contribution in [0.3, 0.4) is 0 Å². The van der Waals surface area contributed by atoms with Crippen LogP contribution in [0.1, 0.15) is 31.9 Å². The van der Waals surface area contributed by atoms with Crippen LogP contribution in [0.15, 0.2) is 54.7 Å². The summed E-state index contributed by atoms with van der Waals surface area (Å²) in [5.41, 5.74) is 6.29. The first-order valence-electron chi connectivity index (χ1n) is 7.73. The van der Waals surface area contributed by atoms with Crippen LogP contribution in [0, 0.1) is 6.92 Å². The van der Waals surface area contributed by atoms with E-state index in [4.69, 9.17) is 0 Å². The average molecular weight is 340 g/mol. The van der Waals surface area contributed by atoms with Crippen molar-refractivity contribution in [2.24, 2.45) is 0 Å². The fourth-order valence-electron chi connectivity index (χ4n) is 2.66. The van der Waals surface area contributed by atoms with Gasteiger partial charge in [-0.05, 0) is 41.7 Å². The van der Waals surface area contributed by atoms with Crippen molar-refractivity contribution in [2.45, 2.75) is 33.1 Å². The number of rotatable bonds is 1. The molecular formula is C21H23NV. The number of benzene rings is 2. The van der Waals surface area contributed by atoms with Crippen LogP contribution in [-0.4, -0.2) is 10.2 Å². The van der Waals surface area contributed by atoms with Crippen LogP contribution >= 0.6 is 0 Å². The summed E-state index contributed by atoms with van der Waals surface area (Å²) in [7, 11) is 0. The number of nitrogens with zero attached hydrogens (tertiary/aromatic N) is 1. The quantitative estimate of drug-likeness (QED) is 0.572. The number of hydrogen-bond acceptors (Lipinski definition) is 1. The van der Waals surface area contributed by atoms with Gasteiger partial charge in [0.1, 0.15) is 0 Å². The molecule has 1 aromatic heterocycles. The Balaban J connectivity index is 0.000000924. The van der Waals surface area contributed by atoms with Crippen LogP contribution in [0.2, 0.25) is 0 Å². The second-order valence-corrected chi connectivity index (χ2v) is 6.72. The van der Waals surface area contributed by atoms with Crippen LogP contribution in [0.25, 0.3) is 22.0 Å². The fourth-order valence-corrected chi connectivity index (χ4v) is 2.66. The van der Waals surface area contributed by atoms with E-state index in [-0.39, 0.29) is 5.41 Å². The Morgan fingerprint density at radius 1 is 0.957 bits per heavy atom. The van der Waals surface area contributed by atoms with Crippen molar-refractivity contribution in [1.29, 1.82) is 0 Å². The molecule has 1 heterocycles. The van der Waals surface area contributed by atoms with E-state index in [2.05, 4.69) is 97.4 Å². The summed E-state index contributed by atoms with van der Waals surface area (Å²) in [6, 6.07) is 17.4. The van der Waals surface area contributed by atoms with Crippen LogP contribution < -0.4 is 0 Å². The number of hydrogen-bond donors (Lipinski definition) is 0. The third-order valence-corrected chi connectivity index (χ3v) is 3.90. The minimum atomic E-state index is 0.128. The van der Waals surface area contributed by atoms with Gasteiger partial charge in [-0.25, -0.2) is 0 Å². The zero-order valence-electron chi connectivity index (χ0n) is 14.3. The molecule has 0 N–H and O–H groups in total. The Kier molecular flexibility index (Phi) is 5.57. The second-order valence-electron chi connectivity index (χ2n) is 6.72. The summed E-state index contributed by atoms with van der Waals surface area (Å²) in [4.78, 5) is 4.61. The molecule has 2 heteroatoms. The van der Waals surface area contributed by atoms with E-state index in [1.54, 1.807) is 0 Å². The van der Waals surface area contributed by atoms with E-state index in [1.165, 1.54) is 27.6 Å². The van der Waals surface area contributed by atoms with Crippen molar-refractivity contribution < 1.29 is 17.0 Å². The molecule has 0 atom stereocenters. The molecule has 0 fully saturated rings. The van der Waals surface area contributed by atoms with E-state index < -0.39 is 0 Å². The minimum absolute atomic E-state index is 0.128. The van der Waals surface area contributed by atoms with Crippen LogP contribution in [-0.2, 0) is 22.4 Å². The first kappa shape index (κ1) is 17.7. The van der Waals surface area contributed by atoms with Crippen LogP contribution in [0.4, 0.5) is 0 Å². The molecule has 0 amide bonds. The predicted molar refractivity (Wildman–Crippen MR) is 97.7 cm³/mol. The van der Waals surface area contributed by atoms with E-state index >= 15 is 0 Å². The summed E-state index contributed by atoms with van der Waals surface area (Å²) in [6.45, 7) is 8.90. The molecule has 3 aromatic rings. The molecule has 0 bridgehead atoms. The van der Waals surface area contributed by atoms with Gasteiger partial charge in [0.05, 0.1) is 5.52 Å². The molecule has 117 valence electrons. The van der Waals surface area contributed by atoms with E-state index in [0.29, 0.717) is 0 Å². The first-order valence-corrected chi connectivity index (χ1v) is 8.72. The van der Waals surface area contributed by atoms with E-state index in [9.17, 15) is 0 Å². The molecule has 3 rings (SSSR count). The predicted octanol–water partition coefficient (Wildman–Crippen LogP) is 5.47. The number of pyridine rings is 1. The third-order valence-electron chi connectivity index (χ3n) is 3.90. The zero-order valence-corrected chi connectivity index (χ0v) is 15.7. The Morgan fingerprint density at radius 2 is 1.70 bits per heavy atom. The standard InChI is InChI=1S/C20H21N.CH2.V/c1-14-7-5-8-15(11-14)18-13-17(20(2,3)4)12-16-9-6-10-21-19(16)18;;/h5-13H,1-4H3;1H2;. The van der Waals surface area contributed by atoms with Crippen molar-refractivity contribution in [1.82, 2.24) is 4.98 Å². The molecule has 0 unspecified atom stereocenters. The van der Waals surface area contributed by atoms with Crippen molar-refractivity contribution >= 4 is 16.1 Å². The van der Waals surface area contributed by atoms with Gasteiger partial charge in [-0.2, -0.15) is 0 Å². The second kappa shape index (κ2) is 7.25. The number of fused-ring (bicyclic) bond motifs is 1. The van der Waals surface area contributed by atoms with Gasteiger partial charge in [0.15, 0.2) is 0 Å². The maximum absolute atomic E-state index is 4.61. The summed E-state index contributed by atoms with van der Waals surface area (Å²) < 4.78 is 0. The molecule has 0 saturated carbocycles. The Bertz CT molecular complexity index is 815. The van der Waals surface area contributed by atoms with Gasteiger partial charge in [0, 0.05) is 17.1 Å². The molecule has 0 aliphatic carbocycles. The molecule has 1 nitrogen and oxygen atoms in total. The van der Waals surface area contributed by atoms with Gasteiger partial charge in [0.2, 0.25) is 0 Å². The first-order chi connectivity index (χ1) is 10.9. The molecule has 2 aromatic carbocycles. The molecular weight excluding hydrogens is 317 g/mol. The van der Waals surface area contributed by atoms with Gasteiger partial charge >= 0.3 is 22.2 Å². The van der Waals surface area contributed by atoms with E-state index in [0.717, 1.165) is 5.52 Å². The molecule has 0 saturated heterocycles. The number of aromatic nitrogens is 1. The monoisotopic (exact) mass is 340 g/mol. The molecule has 0 radical (unpaired) electrons. The summed E-state index contributed by atoms with van der Waals surface area (Å²) >= 11 is 2.06.